The van der Waals surface area contributed by atoms with Crippen LogP contribution in [0, 0.1) is 0 Å². The molecule has 0 saturated carbocycles. The van der Waals surface area contributed by atoms with Crippen molar-refractivity contribution in [2.45, 2.75) is 26.4 Å². The van der Waals surface area contributed by atoms with Gasteiger partial charge in [-0.2, -0.15) is 5.10 Å². The lowest BCUT2D eigenvalue weighted by atomic mass is 10.1. The minimum Gasteiger partial charge on any atom is -0.497 e. The van der Waals surface area contributed by atoms with Gasteiger partial charge in [0.15, 0.2) is 5.65 Å². The highest BCUT2D eigenvalue weighted by molar-refractivity contribution is 6.06. The summed E-state index contributed by atoms with van der Waals surface area (Å²) in [5.74, 6) is 0.728. The Morgan fingerprint density at radius 1 is 1.10 bits per heavy atom. The maximum Gasteiger partial charge on any atom is 0.254 e. The fraction of sp³-hybridized carbons (Fsp3) is 0.240. The van der Waals surface area contributed by atoms with Crippen LogP contribution in [0.2, 0.25) is 0 Å². The van der Waals surface area contributed by atoms with Gasteiger partial charge < -0.3 is 9.64 Å². The predicted octanol–water partition coefficient (Wildman–Crippen LogP) is 4.96. The second-order valence-electron chi connectivity index (χ2n) is 7.85. The summed E-state index contributed by atoms with van der Waals surface area (Å²) in [6.45, 7) is 4.60. The third-order valence-electron chi connectivity index (χ3n) is 5.28. The lowest BCUT2D eigenvalue weighted by molar-refractivity contribution is 0.0787. The minimum absolute atomic E-state index is 0.0660. The van der Waals surface area contributed by atoms with E-state index >= 15 is 0 Å². The minimum atomic E-state index is -0.0660. The number of ether oxygens (including phenoxy) is 1. The average Bonchev–Trinajstić information content (AvgIpc) is 3.23. The predicted molar refractivity (Wildman–Crippen MR) is 122 cm³/mol. The first kappa shape index (κ1) is 20.6. The molecule has 0 unspecified atom stereocenters. The molecule has 0 aliphatic rings. The van der Waals surface area contributed by atoms with Crippen LogP contribution in [-0.2, 0) is 6.54 Å². The molecule has 0 saturated heterocycles. The second kappa shape index (κ2) is 8.60. The summed E-state index contributed by atoms with van der Waals surface area (Å²) in [5.41, 5.74) is 4.08. The number of carbonyl (C=O) groups excluding carboxylic acids is 1. The number of methoxy groups -OCH3 is 1. The number of fused-ring (bicyclic) bond motifs is 1. The number of amides is 1. The third-order valence-corrected chi connectivity index (χ3v) is 5.28. The number of rotatable bonds is 6. The van der Waals surface area contributed by atoms with Crippen molar-refractivity contribution in [2.24, 2.45) is 0 Å². The molecule has 6 nitrogen and oxygen atoms in total. The fourth-order valence-corrected chi connectivity index (χ4v) is 3.61. The Bertz CT molecular complexity index is 1200. The van der Waals surface area contributed by atoms with E-state index in [1.165, 1.54) is 0 Å². The van der Waals surface area contributed by atoms with E-state index in [9.17, 15) is 4.79 Å². The number of carbonyl (C=O) groups is 1. The van der Waals surface area contributed by atoms with Gasteiger partial charge in [-0.25, -0.2) is 9.67 Å². The molecule has 31 heavy (non-hydrogen) atoms. The number of aromatic nitrogens is 3. The second-order valence-corrected chi connectivity index (χ2v) is 7.85. The van der Waals surface area contributed by atoms with Crippen molar-refractivity contribution in [1.82, 2.24) is 19.7 Å². The van der Waals surface area contributed by atoms with E-state index < -0.39 is 0 Å². The van der Waals surface area contributed by atoms with Gasteiger partial charge in [-0.15, -0.1) is 0 Å². The molecule has 2 aromatic heterocycles. The topological polar surface area (TPSA) is 60.2 Å². The van der Waals surface area contributed by atoms with Crippen LogP contribution in [0.15, 0.2) is 66.9 Å². The molecule has 4 aromatic rings. The van der Waals surface area contributed by atoms with Crippen LogP contribution in [-0.4, -0.2) is 39.7 Å². The average molecular weight is 415 g/mol. The third kappa shape index (κ3) is 4.14. The van der Waals surface area contributed by atoms with Gasteiger partial charge >= 0.3 is 0 Å². The summed E-state index contributed by atoms with van der Waals surface area (Å²) in [6.07, 6.45) is 1.74. The highest BCUT2D eigenvalue weighted by Crippen LogP contribution is 2.27. The smallest absolute Gasteiger partial charge is 0.254 e. The van der Waals surface area contributed by atoms with Crippen molar-refractivity contribution < 1.29 is 9.53 Å². The van der Waals surface area contributed by atoms with Crippen LogP contribution in [0.1, 0.15) is 35.8 Å². The van der Waals surface area contributed by atoms with Crippen LogP contribution < -0.4 is 4.74 Å². The molecule has 0 radical (unpaired) electrons. The van der Waals surface area contributed by atoms with Gasteiger partial charge in [-0.05, 0) is 37.6 Å². The maximum absolute atomic E-state index is 13.5. The number of hydrogen-bond acceptors (Lipinski definition) is 4. The first-order chi connectivity index (χ1) is 15.0. The van der Waals surface area contributed by atoms with Crippen molar-refractivity contribution in [2.75, 3.05) is 14.2 Å². The van der Waals surface area contributed by atoms with Crippen molar-refractivity contribution in [3.8, 4) is 17.0 Å². The van der Waals surface area contributed by atoms with E-state index in [1.54, 1.807) is 18.2 Å². The highest BCUT2D eigenvalue weighted by Gasteiger charge is 2.21. The molecular weight excluding hydrogens is 388 g/mol. The molecule has 0 aliphatic carbocycles. The number of hydrogen-bond donors (Lipinski definition) is 0. The van der Waals surface area contributed by atoms with E-state index in [1.807, 2.05) is 72.4 Å². The van der Waals surface area contributed by atoms with Gasteiger partial charge in [0.1, 0.15) is 5.75 Å². The monoisotopic (exact) mass is 414 g/mol. The summed E-state index contributed by atoms with van der Waals surface area (Å²) in [4.78, 5) is 20.1. The van der Waals surface area contributed by atoms with Gasteiger partial charge in [0.2, 0.25) is 0 Å². The molecule has 0 fully saturated rings. The summed E-state index contributed by atoms with van der Waals surface area (Å²) < 4.78 is 7.08. The molecule has 0 spiro atoms. The van der Waals surface area contributed by atoms with E-state index in [0.717, 1.165) is 33.6 Å². The maximum atomic E-state index is 13.5. The summed E-state index contributed by atoms with van der Waals surface area (Å²) >= 11 is 0. The van der Waals surface area contributed by atoms with Crippen LogP contribution in [0.4, 0.5) is 0 Å². The number of nitrogens with zero attached hydrogens (tertiary/aromatic N) is 4. The fourth-order valence-electron chi connectivity index (χ4n) is 3.61. The molecule has 2 heterocycles. The molecule has 1 amide bonds. The van der Waals surface area contributed by atoms with E-state index in [0.29, 0.717) is 12.1 Å². The number of benzene rings is 2. The quantitative estimate of drug-likeness (QED) is 0.447. The normalized spacial score (nSPS) is 11.1. The number of pyridine rings is 1. The van der Waals surface area contributed by atoms with Crippen molar-refractivity contribution in [3.05, 3.63) is 78.0 Å². The molecule has 0 N–H and O–H groups in total. The Balaban J connectivity index is 1.74. The highest BCUT2D eigenvalue weighted by atomic mass is 16.5. The summed E-state index contributed by atoms with van der Waals surface area (Å²) in [5, 5.41) is 5.27. The van der Waals surface area contributed by atoms with Crippen LogP contribution >= 0.6 is 0 Å². The Morgan fingerprint density at radius 3 is 2.45 bits per heavy atom. The molecule has 0 atom stereocenters. The molecule has 0 aliphatic heterocycles. The SMILES string of the molecule is COc1ccc(CN(C)C(=O)c2cc(-c3ccccc3)nc3c2cnn3C(C)C)cc1. The molecule has 6 heteroatoms. The van der Waals surface area contributed by atoms with E-state index in [4.69, 9.17) is 9.72 Å². The van der Waals surface area contributed by atoms with Gasteiger partial charge in [0.05, 0.1) is 30.0 Å². The van der Waals surface area contributed by atoms with Gasteiger partial charge in [-0.1, -0.05) is 42.5 Å². The van der Waals surface area contributed by atoms with Gasteiger partial charge in [0.25, 0.3) is 5.91 Å². The zero-order valence-corrected chi connectivity index (χ0v) is 18.2. The first-order valence-electron chi connectivity index (χ1n) is 10.3. The largest absolute Gasteiger partial charge is 0.497 e. The van der Waals surface area contributed by atoms with Crippen molar-refractivity contribution in [1.29, 1.82) is 0 Å². The molecule has 4 rings (SSSR count). The Hall–Kier alpha value is -3.67. The van der Waals surface area contributed by atoms with E-state index in [2.05, 4.69) is 18.9 Å². The van der Waals surface area contributed by atoms with E-state index in [-0.39, 0.29) is 11.9 Å². The van der Waals surface area contributed by atoms with Crippen LogP contribution in [0.5, 0.6) is 5.75 Å². The Morgan fingerprint density at radius 2 is 1.81 bits per heavy atom. The lowest BCUT2D eigenvalue weighted by Crippen LogP contribution is -2.26. The van der Waals surface area contributed by atoms with Crippen molar-refractivity contribution >= 4 is 16.9 Å². The van der Waals surface area contributed by atoms with Gasteiger partial charge in [-0.3, -0.25) is 4.79 Å². The van der Waals surface area contributed by atoms with Crippen LogP contribution in [0.25, 0.3) is 22.3 Å². The molecule has 0 bridgehead atoms. The Labute approximate surface area is 182 Å². The Kier molecular flexibility index (Phi) is 5.71. The van der Waals surface area contributed by atoms with Crippen LogP contribution in [0.3, 0.4) is 0 Å². The first-order valence-corrected chi connectivity index (χ1v) is 10.3. The zero-order valence-electron chi connectivity index (χ0n) is 18.2. The standard InChI is InChI=1S/C25H26N4O2/c1-17(2)29-24-22(15-26-29)21(14-23(27-24)19-8-6-5-7-9-19)25(30)28(3)16-18-10-12-20(31-4)13-11-18/h5-15,17H,16H2,1-4H3. The molecule has 2 aromatic carbocycles. The van der Waals surface area contributed by atoms with Crippen molar-refractivity contribution in [3.63, 3.8) is 0 Å². The summed E-state index contributed by atoms with van der Waals surface area (Å²) in [6, 6.07) is 19.7. The van der Waals surface area contributed by atoms with Gasteiger partial charge in [0, 0.05) is 25.2 Å². The lowest BCUT2D eigenvalue weighted by Gasteiger charge is -2.19. The molecule has 158 valence electrons. The zero-order chi connectivity index (χ0) is 22.0. The summed E-state index contributed by atoms with van der Waals surface area (Å²) in [7, 11) is 3.45. The molecular formula is C25H26N4O2.